The zero-order chi connectivity index (χ0) is 17.6. The Labute approximate surface area is 149 Å². The molecule has 3 heteroatoms. The van der Waals surface area contributed by atoms with Crippen molar-refractivity contribution in [2.45, 2.75) is 59.4 Å². The molecule has 0 fully saturated rings. The van der Waals surface area contributed by atoms with Crippen LogP contribution in [0.2, 0.25) is 19.6 Å². The van der Waals surface area contributed by atoms with Crippen molar-refractivity contribution >= 4 is 8.32 Å². The van der Waals surface area contributed by atoms with E-state index in [1.165, 1.54) is 24.2 Å². The van der Waals surface area contributed by atoms with Crippen LogP contribution in [0.15, 0.2) is 42.2 Å². The van der Waals surface area contributed by atoms with E-state index in [1.54, 1.807) is 0 Å². The molecule has 1 aromatic carbocycles. The number of benzene rings is 1. The minimum Gasteiger partial charge on any atom is -0.547 e. The van der Waals surface area contributed by atoms with Gasteiger partial charge in [-0.25, -0.2) is 0 Å². The summed E-state index contributed by atoms with van der Waals surface area (Å²) in [5.74, 6) is 2.99. The molecule has 0 aromatic heterocycles. The topological polar surface area (TPSA) is 18.5 Å². The summed E-state index contributed by atoms with van der Waals surface area (Å²) >= 11 is 0. The van der Waals surface area contributed by atoms with Crippen molar-refractivity contribution in [2.24, 2.45) is 17.8 Å². The Morgan fingerprint density at radius 2 is 1.83 bits per heavy atom. The number of ether oxygens (including phenoxy) is 1. The summed E-state index contributed by atoms with van der Waals surface area (Å²) in [5.41, 5.74) is 1.24. The van der Waals surface area contributed by atoms with Crippen molar-refractivity contribution in [1.82, 2.24) is 0 Å². The molecule has 0 aliphatic heterocycles. The van der Waals surface area contributed by atoms with Crippen molar-refractivity contribution in [1.29, 1.82) is 0 Å². The van der Waals surface area contributed by atoms with Crippen molar-refractivity contribution in [3.05, 3.63) is 47.7 Å². The number of hydrogen-bond donors (Lipinski definition) is 0. The van der Waals surface area contributed by atoms with Crippen LogP contribution in [-0.2, 0) is 15.8 Å². The van der Waals surface area contributed by atoms with Crippen LogP contribution in [0.4, 0.5) is 0 Å². The molecular formula is C21H34O2Si. The minimum atomic E-state index is -1.57. The van der Waals surface area contributed by atoms with Gasteiger partial charge in [0.2, 0.25) is 8.32 Å². The Balaban J connectivity index is 1.94. The molecule has 1 aromatic rings. The Kier molecular flexibility index (Phi) is 7.11. The third kappa shape index (κ3) is 6.44. The van der Waals surface area contributed by atoms with Crippen LogP contribution in [0.25, 0.3) is 0 Å². The van der Waals surface area contributed by atoms with Crippen molar-refractivity contribution in [3.8, 4) is 0 Å². The highest BCUT2D eigenvalue weighted by Crippen LogP contribution is 2.35. The Morgan fingerprint density at radius 3 is 2.50 bits per heavy atom. The molecule has 0 spiro atoms. The van der Waals surface area contributed by atoms with Gasteiger partial charge in [0.1, 0.15) is 0 Å². The van der Waals surface area contributed by atoms with Crippen LogP contribution in [0, 0.1) is 17.8 Å². The fourth-order valence-corrected chi connectivity index (χ4v) is 4.22. The molecule has 0 bridgehead atoms. The van der Waals surface area contributed by atoms with Crippen LogP contribution < -0.4 is 0 Å². The summed E-state index contributed by atoms with van der Waals surface area (Å²) in [6.45, 7) is 13.0. The van der Waals surface area contributed by atoms with Crippen molar-refractivity contribution < 1.29 is 9.16 Å². The molecular weight excluding hydrogens is 312 g/mol. The molecule has 0 radical (unpaired) electrons. The predicted molar refractivity (Wildman–Crippen MR) is 104 cm³/mol. The monoisotopic (exact) mass is 346 g/mol. The van der Waals surface area contributed by atoms with Gasteiger partial charge in [0.15, 0.2) is 0 Å². The Morgan fingerprint density at radius 1 is 1.12 bits per heavy atom. The standard InChI is InChI=1S/C21H34O2Si/c1-17-11-13-20(21(14-12-17)23-24(3,4)5)18(2)15-22-16-19-9-7-6-8-10-19/h6-10,14,17-18,20H,11-13,15-16H2,1-5H3/t17-,18+,20+/m1/s1. The highest BCUT2D eigenvalue weighted by Gasteiger charge is 2.29. The first kappa shape index (κ1) is 19.3. The van der Waals surface area contributed by atoms with E-state index in [-0.39, 0.29) is 0 Å². The maximum absolute atomic E-state index is 6.45. The maximum atomic E-state index is 6.45. The fourth-order valence-electron chi connectivity index (χ4n) is 3.28. The van der Waals surface area contributed by atoms with Crippen molar-refractivity contribution in [2.75, 3.05) is 6.61 Å². The van der Waals surface area contributed by atoms with Crippen molar-refractivity contribution in [3.63, 3.8) is 0 Å². The lowest BCUT2D eigenvalue weighted by molar-refractivity contribution is 0.0692. The molecule has 134 valence electrons. The summed E-state index contributed by atoms with van der Waals surface area (Å²) in [6.07, 6.45) is 6.01. The minimum absolute atomic E-state index is 0.488. The zero-order valence-electron chi connectivity index (χ0n) is 16.0. The van der Waals surface area contributed by atoms with Crippen LogP contribution in [0.1, 0.15) is 38.7 Å². The smallest absolute Gasteiger partial charge is 0.241 e. The van der Waals surface area contributed by atoms with Gasteiger partial charge in [-0.1, -0.05) is 44.2 Å². The van der Waals surface area contributed by atoms with Gasteiger partial charge in [-0.05, 0) is 62.4 Å². The molecule has 24 heavy (non-hydrogen) atoms. The van der Waals surface area contributed by atoms with Gasteiger partial charge in [-0.15, -0.1) is 0 Å². The normalized spacial score (nSPS) is 23.3. The van der Waals surface area contributed by atoms with E-state index in [0.717, 1.165) is 18.9 Å². The zero-order valence-corrected chi connectivity index (χ0v) is 17.0. The second-order valence-electron chi connectivity index (χ2n) is 8.32. The highest BCUT2D eigenvalue weighted by atomic mass is 28.4. The third-order valence-electron chi connectivity index (χ3n) is 4.66. The lowest BCUT2D eigenvalue weighted by Crippen LogP contribution is -2.30. The summed E-state index contributed by atoms with van der Waals surface area (Å²) in [5, 5.41) is 0. The Hall–Kier alpha value is -1.06. The van der Waals surface area contributed by atoms with Crippen LogP contribution in [0.3, 0.4) is 0 Å². The highest BCUT2D eigenvalue weighted by molar-refractivity contribution is 6.70. The van der Waals surface area contributed by atoms with Gasteiger partial charge in [0.05, 0.1) is 19.0 Å². The van der Waals surface area contributed by atoms with E-state index in [2.05, 4.69) is 63.8 Å². The quantitative estimate of drug-likeness (QED) is 0.563. The first-order chi connectivity index (χ1) is 11.3. The van der Waals surface area contributed by atoms with Crippen LogP contribution in [0.5, 0.6) is 0 Å². The van der Waals surface area contributed by atoms with Gasteiger partial charge in [-0.2, -0.15) is 0 Å². The lowest BCUT2D eigenvalue weighted by atomic mass is 9.88. The second-order valence-corrected chi connectivity index (χ2v) is 12.8. The largest absolute Gasteiger partial charge is 0.547 e. The van der Waals surface area contributed by atoms with Gasteiger partial charge in [-0.3, -0.25) is 0 Å². The van der Waals surface area contributed by atoms with E-state index in [9.17, 15) is 0 Å². The number of hydrogen-bond acceptors (Lipinski definition) is 2. The third-order valence-corrected chi connectivity index (χ3v) is 5.51. The summed E-state index contributed by atoms with van der Waals surface area (Å²) in [6, 6.07) is 10.4. The molecule has 1 aliphatic rings. The molecule has 0 amide bonds. The summed E-state index contributed by atoms with van der Waals surface area (Å²) in [7, 11) is -1.57. The van der Waals surface area contributed by atoms with E-state index in [4.69, 9.17) is 9.16 Å². The van der Waals surface area contributed by atoms with E-state index >= 15 is 0 Å². The van der Waals surface area contributed by atoms with Crippen LogP contribution >= 0.6 is 0 Å². The molecule has 2 nitrogen and oxygen atoms in total. The lowest BCUT2D eigenvalue weighted by Gasteiger charge is -2.30. The molecule has 0 heterocycles. The molecule has 1 aliphatic carbocycles. The average molecular weight is 347 g/mol. The molecule has 0 saturated heterocycles. The van der Waals surface area contributed by atoms with Gasteiger partial charge < -0.3 is 9.16 Å². The average Bonchev–Trinajstić information content (AvgIpc) is 2.69. The SMILES string of the molecule is C[C@H]1CC=C(O[Si](C)(C)C)[C@H]([C@@H](C)COCc2ccccc2)CC1. The van der Waals surface area contributed by atoms with E-state index < -0.39 is 8.32 Å². The molecule has 0 N–H and O–H groups in total. The van der Waals surface area contributed by atoms with Gasteiger partial charge >= 0.3 is 0 Å². The van der Waals surface area contributed by atoms with Crippen LogP contribution in [-0.4, -0.2) is 14.9 Å². The summed E-state index contributed by atoms with van der Waals surface area (Å²) < 4.78 is 12.5. The first-order valence-electron chi connectivity index (χ1n) is 9.36. The summed E-state index contributed by atoms with van der Waals surface area (Å²) in [4.78, 5) is 0. The van der Waals surface area contributed by atoms with E-state index in [0.29, 0.717) is 18.4 Å². The van der Waals surface area contributed by atoms with E-state index in [1.807, 2.05) is 6.07 Å². The molecule has 0 unspecified atom stereocenters. The maximum Gasteiger partial charge on any atom is 0.241 e. The van der Waals surface area contributed by atoms with Gasteiger partial charge in [0.25, 0.3) is 0 Å². The van der Waals surface area contributed by atoms with Gasteiger partial charge in [0, 0.05) is 5.92 Å². The first-order valence-corrected chi connectivity index (χ1v) is 12.8. The molecule has 2 rings (SSSR count). The Bertz CT molecular complexity index is 518. The number of allylic oxidation sites excluding steroid dienone is 2. The second kappa shape index (κ2) is 8.86. The number of rotatable bonds is 7. The molecule has 0 saturated carbocycles. The predicted octanol–water partition coefficient (Wildman–Crippen LogP) is 6.01. The molecule has 3 atom stereocenters. The fraction of sp³-hybridized carbons (Fsp3) is 0.619.